The number of carbonyl (C=O) groups excluding carboxylic acids is 2. The molecule has 3 aromatic rings. The van der Waals surface area contributed by atoms with Crippen LogP contribution in [0.3, 0.4) is 0 Å². The minimum Gasteiger partial charge on any atom is -0.460 e. The quantitative estimate of drug-likeness (QED) is 0.660. The lowest BCUT2D eigenvalue weighted by atomic mass is 10.1. The number of ether oxygens (including phenoxy) is 1. The molecule has 0 saturated carbocycles. The van der Waals surface area contributed by atoms with E-state index in [1.165, 1.54) is 0 Å². The van der Waals surface area contributed by atoms with Crippen molar-refractivity contribution in [3.63, 3.8) is 0 Å². The van der Waals surface area contributed by atoms with Gasteiger partial charge in [-0.05, 0) is 45.2 Å². The molecule has 8 heteroatoms. The molecule has 1 aromatic carbocycles. The molecule has 0 bridgehead atoms. The van der Waals surface area contributed by atoms with Gasteiger partial charge in [0.25, 0.3) is 0 Å². The van der Waals surface area contributed by atoms with Crippen molar-refractivity contribution in [2.24, 2.45) is 0 Å². The number of likely N-dealkylation sites (tertiary alicyclic amines) is 1. The molecule has 0 aliphatic carbocycles. The van der Waals surface area contributed by atoms with Gasteiger partial charge in [0, 0.05) is 18.5 Å². The van der Waals surface area contributed by atoms with Gasteiger partial charge in [0.05, 0.1) is 6.61 Å². The van der Waals surface area contributed by atoms with Crippen LogP contribution in [0, 0.1) is 0 Å². The van der Waals surface area contributed by atoms with Crippen LogP contribution in [0.25, 0.3) is 22.1 Å². The van der Waals surface area contributed by atoms with E-state index < -0.39 is 12.0 Å². The smallest absolute Gasteiger partial charge is 0.376 e. The normalized spacial score (nSPS) is 15.4. The Hall–Kier alpha value is -3.16. The first-order chi connectivity index (χ1) is 14.1. The first kappa shape index (κ1) is 19.2. The Morgan fingerprint density at radius 3 is 2.72 bits per heavy atom. The van der Waals surface area contributed by atoms with E-state index >= 15 is 0 Å². The summed E-state index contributed by atoms with van der Waals surface area (Å²) in [6, 6.07) is 6.91. The van der Waals surface area contributed by atoms with Crippen LogP contribution < -0.4 is 5.32 Å². The fourth-order valence-corrected chi connectivity index (χ4v) is 3.63. The number of fused-ring (bicyclic) bond motifs is 3. The second-order valence-corrected chi connectivity index (χ2v) is 7.14. The molecular formula is C21H24N4O4. The maximum absolute atomic E-state index is 12.8. The Balaban J connectivity index is 1.73. The predicted molar refractivity (Wildman–Crippen MR) is 109 cm³/mol. The maximum Gasteiger partial charge on any atom is 0.376 e. The molecule has 0 spiro atoms. The van der Waals surface area contributed by atoms with Crippen molar-refractivity contribution in [1.29, 1.82) is 0 Å². The lowest BCUT2D eigenvalue weighted by Gasteiger charge is -2.29. The molecule has 1 amide bonds. The number of furan rings is 1. The molecule has 2 aromatic heterocycles. The van der Waals surface area contributed by atoms with Crippen molar-refractivity contribution in [3.05, 3.63) is 30.1 Å². The zero-order valence-electron chi connectivity index (χ0n) is 16.6. The Morgan fingerprint density at radius 2 is 1.97 bits per heavy atom. The summed E-state index contributed by atoms with van der Waals surface area (Å²) in [7, 11) is 0. The number of nitrogens with zero attached hydrogens (tertiary/aromatic N) is 3. The van der Waals surface area contributed by atoms with Gasteiger partial charge in [-0.2, -0.15) is 0 Å². The van der Waals surface area contributed by atoms with Gasteiger partial charge in [-0.15, -0.1) is 0 Å². The van der Waals surface area contributed by atoms with Gasteiger partial charge in [0.1, 0.15) is 17.1 Å². The van der Waals surface area contributed by atoms with Crippen LogP contribution in [0.15, 0.2) is 28.7 Å². The lowest BCUT2D eigenvalue weighted by molar-refractivity contribution is -0.132. The van der Waals surface area contributed by atoms with Crippen molar-refractivity contribution in [1.82, 2.24) is 14.9 Å². The van der Waals surface area contributed by atoms with Crippen LogP contribution in [0.5, 0.6) is 0 Å². The Bertz CT molecular complexity index is 1060. The number of amides is 1. The predicted octanol–water partition coefficient (Wildman–Crippen LogP) is 3.37. The van der Waals surface area contributed by atoms with Crippen LogP contribution in [-0.2, 0) is 9.53 Å². The minimum atomic E-state index is -0.613. The number of hydrogen-bond acceptors (Lipinski definition) is 7. The minimum absolute atomic E-state index is 0.00487. The van der Waals surface area contributed by atoms with E-state index in [0.29, 0.717) is 22.5 Å². The van der Waals surface area contributed by atoms with E-state index in [1.54, 1.807) is 13.8 Å². The van der Waals surface area contributed by atoms with Crippen LogP contribution in [0.4, 0.5) is 5.82 Å². The summed E-state index contributed by atoms with van der Waals surface area (Å²) in [4.78, 5) is 35.7. The summed E-state index contributed by atoms with van der Waals surface area (Å²) in [6.07, 6.45) is 3.19. The topological polar surface area (TPSA) is 97.6 Å². The molecule has 1 aliphatic heterocycles. The standard InChI is InChI=1S/C21H24N4O4/c1-3-28-21(27)19-23-16-14-9-5-6-10-15(14)29-17(16)18(24-19)22-13(2)20(26)25-11-7-4-8-12-25/h5-6,9-10,13H,3-4,7-8,11-12H2,1-2H3,(H,22,23,24). The van der Waals surface area contributed by atoms with Gasteiger partial charge in [-0.1, -0.05) is 12.1 Å². The van der Waals surface area contributed by atoms with E-state index in [2.05, 4.69) is 15.3 Å². The SMILES string of the molecule is CCOC(=O)c1nc(NC(C)C(=O)N2CCCCC2)c2oc3ccccc3c2n1. The van der Waals surface area contributed by atoms with E-state index in [0.717, 1.165) is 37.7 Å². The number of carbonyl (C=O) groups is 2. The highest BCUT2D eigenvalue weighted by Gasteiger charge is 2.25. The molecule has 29 heavy (non-hydrogen) atoms. The third-order valence-electron chi connectivity index (χ3n) is 5.07. The van der Waals surface area contributed by atoms with Gasteiger partial charge in [0.2, 0.25) is 11.7 Å². The van der Waals surface area contributed by atoms with Crippen molar-refractivity contribution >= 4 is 39.8 Å². The number of hydrogen-bond donors (Lipinski definition) is 1. The van der Waals surface area contributed by atoms with Crippen LogP contribution in [-0.4, -0.2) is 52.5 Å². The number of para-hydroxylation sites is 1. The summed E-state index contributed by atoms with van der Waals surface area (Å²) in [5, 5.41) is 3.91. The molecule has 8 nitrogen and oxygen atoms in total. The van der Waals surface area contributed by atoms with Gasteiger partial charge >= 0.3 is 5.97 Å². The zero-order valence-corrected chi connectivity index (χ0v) is 16.6. The summed E-state index contributed by atoms with van der Waals surface area (Å²) in [6.45, 7) is 5.27. The monoisotopic (exact) mass is 396 g/mol. The summed E-state index contributed by atoms with van der Waals surface area (Å²) in [5.41, 5.74) is 1.56. The average Bonchev–Trinajstić information content (AvgIpc) is 3.13. The molecule has 3 heterocycles. The fraction of sp³-hybridized carbons (Fsp3) is 0.429. The van der Waals surface area contributed by atoms with Crippen LogP contribution in [0.1, 0.15) is 43.7 Å². The molecule has 1 atom stereocenters. The molecule has 1 unspecified atom stereocenters. The molecule has 1 N–H and O–H groups in total. The number of aromatic nitrogens is 2. The Labute approximate surface area is 168 Å². The molecule has 1 aliphatic rings. The number of rotatable bonds is 5. The zero-order chi connectivity index (χ0) is 20.4. The van der Waals surface area contributed by atoms with Gasteiger partial charge in [-0.25, -0.2) is 14.8 Å². The molecule has 0 radical (unpaired) electrons. The van der Waals surface area contributed by atoms with Gasteiger partial charge < -0.3 is 19.4 Å². The Kier molecular flexibility index (Phi) is 5.33. The highest BCUT2D eigenvalue weighted by molar-refractivity contribution is 6.07. The maximum atomic E-state index is 12.8. The Morgan fingerprint density at radius 1 is 1.21 bits per heavy atom. The number of nitrogens with one attached hydrogen (secondary N) is 1. The van der Waals surface area contributed by atoms with E-state index in [4.69, 9.17) is 9.15 Å². The van der Waals surface area contributed by atoms with E-state index in [-0.39, 0.29) is 18.3 Å². The fourth-order valence-electron chi connectivity index (χ4n) is 3.63. The summed E-state index contributed by atoms with van der Waals surface area (Å²) >= 11 is 0. The summed E-state index contributed by atoms with van der Waals surface area (Å²) in [5.74, 6) is -0.360. The number of esters is 1. The summed E-state index contributed by atoms with van der Waals surface area (Å²) < 4.78 is 11.0. The van der Waals surface area contributed by atoms with Crippen LogP contribution >= 0.6 is 0 Å². The molecule has 1 saturated heterocycles. The number of piperidine rings is 1. The third kappa shape index (κ3) is 3.74. The van der Waals surface area contributed by atoms with E-state index in [1.807, 2.05) is 29.2 Å². The van der Waals surface area contributed by atoms with Crippen molar-refractivity contribution in [3.8, 4) is 0 Å². The van der Waals surface area contributed by atoms with E-state index in [9.17, 15) is 9.59 Å². The van der Waals surface area contributed by atoms with Crippen molar-refractivity contribution < 1.29 is 18.7 Å². The van der Waals surface area contributed by atoms with Crippen molar-refractivity contribution in [2.45, 2.75) is 39.2 Å². The largest absolute Gasteiger partial charge is 0.460 e. The first-order valence-corrected chi connectivity index (χ1v) is 10.00. The molecule has 4 rings (SSSR count). The third-order valence-corrected chi connectivity index (χ3v) is 5.07. The highest BCUT2D eigenvalue weighted by atomic mass is 16.5. The second kappa shape index (κ2) is 8.06. The molecule has 1 fully saturated rings. The lowest BCUT2D eigenvalue weighted by Crippen LogP contribution is -2.44. The van der Waals surface area contributed by atoms with Gasteiger partial charge in [0.15, 0.2) is 11.4 Å². The first-order valence-electron chi connectivity index (χ1n) is 10.00. The van der Waals surface area contributed by atoms with Crippen molar-refractivity contribution in [2.75, 3.05) is 25.0 Å². The van der Waals surface area contributed by atoms with Crippen LogP contribution in [0.2, 0.25) is 0 Å². The molecule has 152 valence electrons. The second-order valence-electron chi connectivity index (χ2n) is 7.14. The average molecular weight is 396 g/mol. The molecular weight excluding hydrogens is 372 g/mol. The number of benzene rings is 1. The highest BCUT2D eigenvalue weighted by Crippen LogP contribution is 2.31. The number of anilines is 1. The van der Waals surface area contributed by atoms with Gasteiger partial charge in [-0.3, -0.25) is 4.79 Å².